The first-order valence-corrected chi connectivity index (χ1v) is 20.6. The van der Waals surface area contributed by atoms with Crippen LogP contribution in [0.25, 0.3) is 0 Å². The smallest absolute Gasteiger partial charge is 0.326 e. The standard InChI is InChI=1S/C10H28Br2O3Si4/c1-16(2,3)13-18(7,9-11)15-19(8,10-12)14-17(4,5)6/h9-10H2,1-8H3. The van der Waals surface area contributed by atoms with Crippen molar-refractivity contribution in [3.63, 3.8) is 0 Å². The van der Waals surface area contributed by atoms with Crippen LogP contribution in [0.4, 0.5) is 0 Å². The summed E-state index contributed by atoms with van der Waals surface area (Å²) in [6.07, 6.45) is 0. The molecule has 116 valence electrons. The van der Waals surface area contributed by atoms with Crippen LogP contribution in [0.15, 0.2) is 0 Å². The molecule has 0 aromatic rings. The highest BCUT2D eigenvalue weighted by molar-refractivity contribution is 9.10. The highest BCUT2D eigenvalue weighted by Gasteiger charge is 2.46. The Balaban J connectivity index is 5.00. The van der Waals surface area contributed by atoms with Crippen LogP contribution < -0.4 is 0 Å². The number of halogens is 2. The third-order valence-electron chi connectivity index (χ3n) is 1.96. The molecule has 0 saturated heterocycles. The van der Waals surface area contributed by atoms with Crippen molar-refractivity contribution in [2.45, 2.75) is 52.4 Å². The molecule has 0 heterocycles. The van der Waals surface area contributed by atoms with Crippen LogP contribution in [0.1, 0.15) is 0 Å². The fourth-order valence-electron chi connectivity index (χ4n) is 1.90. The Bertz CT molecular complexity index is 267. The molecule has 0 rings (SSSR count). The zero-order valence-corrected chi connectivity index (χ0v) is 20.6. The van der Waals surface area contributed by atoms with Gasteiger partial charge in [0.2, 0.25) is 0 Å². The molecule has 3 nitrogen and oxygen atoms in total. The molecule has 0 N–H and O–H groups in total. The van der Waals surface area contributed by atoms with E-state index in [1.54, 1.807) is 0 Å². The molecular weight excluding hydrogens is 440 g/mol. The minimum absolute atomic E-state index is 0.787. The van der Waals surface area contributed by atoms with Crippen LogP contribution in [-0.2, 0) is 12.3 Å². The third kappa shape index (κ3) is 9.35. The number of hydrogen-bond acceptors (Lipinski definition) is 3. The van der Waals surface area contributed by atoms with E-state index in [2.05, 4.69) is 84.2 Å². The van der Waals surface area contributed by atoms with Gasteiger partial charge in [0.15, 0.2) is 16.6 Å². The summed E-state index contributed by atoms with van der Waals surface area (Å²) in [6, 6.07) is 0. The summed E-state index contributed by atoms with van der Waals surface area (Å²) in [4.78, 5) is 1.57. The fourth-order valence-corrected chi connectivity index (χ4v) is 22.0. The van der Waals surface area contributed by atoms with E-state index in [-0.39, 0.29) is 0 Å². The topological polar surface area (TPSA) is 27.7 Å². The largest absolute Gasteiger partial charge is 0.436 e. The van der Waals surface area contributed by atoms with Gasteiger partial charge in [-0.2, -0.15) is 0 Å². The second-order valence-corrected chi connectivity index (χ2v) is 26.4. The SMILES string of the molecule is C[Si](C)(C)O[Si](C)(CBr)O[Si](C)(CBr)O[Si](C)(C)C. The van der Waals surface area contributed by atoms with Crippen molar-refractivity contribution in [3.8, 4) is 0 Å². The molecule has 0 radical (unpaired) electrons. The quantitative estimate of drug-likeness (QED) is 0.381. The van der Waals surface area contributed by atoms with Crippen LogP contribution in [0, 0.1) is 0 Å². The molecule has 0 aliphatic carbocycles. The Hall–Kier alpha value is 1.71. The van der Waals surface area contributed by atoms with Gasteiger partial charge in [0, 0.05) is 9.91 Å². The van der Waals surface area contributed by atoms with Crippen LogP contribution in [-0.4, -0.2) is 43.7 Å². The molecule has 0 spiro atoms. The summed E-state index contributed by atoms with van der Waals surface area (Å²) >= 11 is 7.17. The van der Waals surface area contributed by atoms with Crippen molar-refractivity contribution in [2.24, 2.45) is 0 Å². The molecule has 0 aliphatic heterocycles. The molecule has 0 aromatic carbocycles. The summed E-state index contributed by atoms with van der Waals surface area (Å²) in [7, 11) is -7.65. The van der Waals surface area contributed by atoms with Crippen molar-refractivity contribution in [1.29, 1.82) is 0 Å². The lowest BCUT2D eigenvalue weighted by atomic mass is 11.8. The maximum absolute atomic E-state index is 6.48. The molecule has 0 bridgehead atoms. The lowest BCUT2D eigenvalue weighted by molar-refractivity contribution is 0.330. The zero-order chi connectivity index (χ0) is 15.5. The van der Waals surface area contributed by atoms with E-state index in [0.29, 0.717) is 0 Å². The summed E-state index contributed by atoms with van der Waals surface area (Å²) in [5, 5.41) is 0. The van der Waals surface area contributed by atoms with Gasteiger partial charge >= 0.3 is 17.1 Å². The Morgan fingerprint density at radius 1 is 0.579 bits per heavy atom. The summed E-state index contributed by atoms with van der Waals surface area (Å²) < 4.78 is 19.2. The van der Waals surface area contributed by atoms with Gasteiger partial charge in [0.25, 0.3) is 0 Å². The van der Waals surface area contributed by atoms with E-state index < -0.39 is 33.8 Å². The van der Waals surface area contributed by atoms with E-state index in [0.717, 1.165) is 9.91 Å². The van der Waals surface area contributed by atoms with Gasteiger partial charge in [-0.3, -0.25) is 0 Å². The molecular formula is C10H28Br2O3Si4. The summed E-state index contributed by atoms with van der Waals surface area (Å²) in [6.45, 7) is 17.5. The molecule has 2 unspecified atom stereocenters. The first kappa shape index (κ1) is 20.7. The molecule has 19 heavy (non-hydrogen) atoms. The summed E-state index contributed by atoms with van der Waals surface area (Å²) in [5.41, 5.74) is 0. The van der Waals surface area contributed by atoms with E-state index in [9.17, 15) is 0 Å². The van der Waals surface area contributed by atoms with Gasteiger partial charge in [0.05, 0.1) is 0 Å². The first-order chi connectivity index (χ1) is 8.24. The van der Waals surface area contributed by atoms with Crippen molar-refractivity contribution in [3.05, 3.63) is 0 Å². The molecule has 0 aliphatic rings. The normalized spacial score (nSPS) is 19.9. The maximum atomic E-state index is 6.48. The van der Waals surface area contributed by atoms with E-state index in [1.165, 1.54) is 0 Å². The zero-order valence-electron chi connectivity index (χ0n) is 13.4. The van der Waals surface area contributed by atoms with Crippen molar-refractivity contribution < 1.29 is 12.3 Å². The van der Waals surface area contributed by atoms with Crippen molar-refractivity contribution >= 4 is 65.6 Å². The van der Waals surface area contributed by atoms with Gasteiger partial charge < -0.3 is 12.3 Å². The first-order valence-electron chi connectivity index (χ1n) is 6.47. The minimum Gasteiger partial charge on any atom is -0.436 e. The highest BCUT2D eigenvalue weighted by Crippen LogP contribution is 2.26. The van der Waals surface area contributed by atoms with Gasteiger partial charge in [-0.1, -0.05) is 31.9 Å². The van der Waals surface area contributed by atoms with Crippen molar-refractivity contribution in [1.82, 2.24) is 0 Å². The van der Waals surface area contributed by atoms with Gasteiger partial charge in [-0.25, -0.2) is 0 Å². The van der Waals surface area contributed by atoms with Crippen molar-refractivity contribution in [2.75, 3.05) is 9.91 Å². The predicted molar refractivity (Wildman–Crippen MR) is 101 cm³/mol. The average Bonchev–Trinajstić information content (AvgIpc) is 2.11. The Morgan fingerprint density at radius 2 is 0.842 bits per heavy atom. The number of rotatable bonds is 8. The molecule has 9 heteroatoms. The number of hydrogen-bond donors (Lipinski definition) is 0. The molecule has 0 saturated carbocycles. The Morgan fingerprint density at radius 3 is 1.00 bits per heavy atom. The van der Waals surface area contributed by atoms with E-state index in [4.69, 9.17) is 12.3 Å². The van der Waals surface area contributed by atoms with Gasteiger partial charge in [-0.05, 0) is 52.4 Å². The third-order valence-corrected chi connectivity index (χ3v) is 20.9. The fraction of sp³-hybridized carbons (Fsp3) is 1.00. The van der Waals surface area contributed by atoms with Crippen LogP contribution in [0.5, 0.6) is 0 Å². The lowest BCUT2D eigenvalue weighted by Gasteiger charge is -2.41. The second-order valence-electron chi connectivity index (χ2n) is 7.07. The predicted octanol–water partition coefficient (Wildman–Crippen LogP) is 4.72. The number of alkyl halides is 2. The minimum atomic E-state index is -2.21. The molecule has 0 fully saturated rings. The van der Waals surface area contributed by atoms with Crippen LogP contribution >= 0.6 is 31.9 Å². The highest BCUT2D eigenvalue weighted by atomic mass is 79.9. The van der Waals surface area contributed by atoms with Gasteiger partial charge in [-0.15, -0.1) is 0 Å². The van der Waals surface area contributed by atoms with E-state index in [1.807, 2.05) is 0 Å². The molecule has 0 aromatic heterocycles. The van der Waals surface area contributed by atoms with E-state index >= 15 is 0 Å². The second kappa shape index (κ2) is 7.31. The van der Waals surface area contributed by atoms with Gasteiger partial charge in [0.1, 0.15) is 0 Å². The molecule has 0 amide bonds. The Labute approximate surface area is 139 Å². The maximum Gasteiger partial charge on any atom is 0.326 e. The average molecular weight is 468 g/mol. The Kier molecular flexibility index (Phi) is 7.97. The van der Waals surface area contributed by atoms with Crippen LogP contribution in [0.2, 0.25) is 52.4 Å². The summed E-state index contributed by atoms with van der Waals surface area (Å²) in [5.74, 6) is 0. The lowest BCUT2D eigenvalue weighted by Crippen LogP contribution is -2.60. The van der Waals surface area contributed by atoms with Crippen LogP contribution in [0.3, 0.4) is 0 Å². The molecule has 2 atom stereocenters. The monoisotopic (exact) mass is 466 g/mol.